The van der Waals surface area contributed by atoms with E-state index in [1.807, 2.05) is 31.2 Å². The van der Waals surface area contributed by atoms with Crippen LogP contribution in [0.25, 0.3) is 10.6 Å². The first kappa shape index (κ1) is 16.6. The molecular formula is C17H18N2O4S. The molecule has 126 valence electrons. The van der Waals surface area contributed by atoms with Crippen molar-refractivity contribution in [2.24, 2.45) is 0 Å². The van der Waals surface area contributed by atoms with Gasteiger partial charge in [0, 0.05) is 24.0 Å². The summed E-state index contributed by atoms with van der Waals surface area (Å²) in [7, 11) is 0. The molecule has 1 saturated heterocycles. The highest BCUT2D eigenvalue weighted by Crippen LogP contribution is 2.25. The Labute approximate surface area is 143 Å². The van der Waals surface area contributed by atoms with Crippen LogP contribution in [-0.4, -0.2) is 52.7 Å². The summed E-state index contributed by atoms with van der Waals surface area (Å²) < 4.78 is 5.40. The van der Waals surface area contributed by atoms with E-state index in [9.17, 15) is 9.59 Å². The van der Waals surface area contributed by atoms with Gasteiger partial charge in [0.25, 0.3) is 5.91 Å². The first-order chi connectivity index (χ1) is 11.5. The lowest BCUT2D eigenvalue weighted by Gasteiger charge is -2.31. The zero-order valence-electron chi connectivity index (χ0n) is 13.3. The molecule has 1 amide bonds. The summed E-state index contributed by atoms with van der Waals surface area (Å²) in [6.45, 7) is 3.10. The molecule has 1 unspecified atom stereocenters. The van der Waals surface area contributed by atoms with Crippen molar-refractivity contribution in [3.8, 4) is 10.6 Å². The van der Waals surface area contributed by atoms with Gasteiger partial charge in [0.05, 0.1) is 19.1 Å². The number of carbonyl (C=O) groups is 2. The lowest BCUT2D eigenvalue weighted by Crippen LogP contribution is -2.46. The number of morpholine rings is 1. The third-order valence-corrected chi connectivity index (χ3v) is 4.74. The summed E-state index contributed by atoms with van der Waals surface area (Å²) in [5, 5.41) is 11.4. The molecule has 1 aromatic carbocycles. The Balaban J connectivity index is 1.71. The minimum Gasteiger partial charge on any atom is -0.481 e. The first-order valence-corrected chi connectivity index (χ1v) is 8.56. The monoisotopic (exact) mass is 346 g/mol. The fourth-order valence-electron chi connectivity index (χ4n) is 2.58. The van der Waals surface area contributed by atoms with Crippen LogP contribution in [-0.2, 0) is 9.53 Å². The number of amides is 1. The van der Waals surface area contributed by atoms with Gasteiger partial charge in [0.15, 0.2) is 0 Å². The summed E-state index contributed by atoms with van der Waals surface area (Å²) in [6.07, 6.45) is -0.564. The van der Waals surface area contributed by atoms with E-state index in [4.69, 9.17) is 9.84 Å². The van der Waals surface area contributed by atoms with Crippen molar-refractivity contribution in [1.82, 2.24) is 9.88 Å². The topological polar surface area (TPSA) is 79.7 Å². The minimum absolute atomic E-state index is 0.102. The van der Waals surface area contributed by atoms with Gasteiger partial charge in [-0.1, -0.05) is 29.8 Å². The average Bonchev–Trinajstić information content (AvgIpc) is 3.04. The lowest BCUT2D eigenvalue weighted by molar-refractivity contribution is -0.141. The second kappa shape index (κ2) is 7.11. The molecule has 0 bridgehead atoms. The Bertz CT molecular complexity index is 741. The van der Waals surface area contributed by atoms with E-state index in [2.05, 4.69) is 4.98 Å². The maximum absolute atomic E-state index is 12.6. The smallest absolute Gasteiger partial charge is 0.306 e. The fourth-order valence-corrected chi connectivity index (χ4v) is 3.38. The Morgan fingerprint density at radius 1 is 1.38 bits per heavy atom. The molecule has 2 heterocycles. The Kier molecular flexibility index (Phi) is 4.92. The maximum Gasteiger partial charge on any atom is 0.306 e. The SMILES string of the molecule is Cc1ccc(-c2nc(C(=O)N3CCOC(CC(=O)O)C3)cs2)cc1. The summed E-state index contributed by atoms with van der Waals surface area (Å²) in [5.74, 6) is -1.10. The molecule has 1 N–H and O–H groups in total. The Morgan fingerprint density at radius 2 is 2.12 bits per heavy atom. The van der Waals surface area contributed by atoms with E-state index in [-0.39, 0.29) is 18.9 Å². The third-order valence-electron chi connectivity index (χ3n) is 3.85. The van der Waals surface area contributed by atoms with Gasteiger partial charge in [0.2, 0.25) is 0 Å². The highest BCUT2D eigenvalue weighted by molar-refractivity contribution is 7.13. The van der Waals surface area contributed by atoms with Crippen molar-refractivity contribution < 1.29 is 19.4 Å². The van der Waals surface area contributed by atoms with Gasteiger partial charge in [-0.2, -0.15) is 0 Å². The number of carboxylic acid groups (broad SMARTS) is 1. The number of aliphatic carboxylic acids is 1. The number of hydrogen-bond donors (Lipinski definition) is 1. The van der Waals surface area contributed by atoms with E-state index in [1.54, 1.807) is 10.3 Å². The van der Waals surface area contributed by atoms with Gasteiger partial charge < -0.3 is 14.7 Å². The molecule has 0 radical (unpaired) electrons. The van der Waals surface area contributed by atoms with Crippen molar-refractivity contribution >= 4 is 23.2 Å². The van der Waals surface area contributed by atoms with Crippen LogP contribution in [0.4, 0.5) is 0 Å². The van der Waals surface area contributed by atoms with E-state index in [0.717, 1.165) is 10.6 Å². The molecule has 3 rings (SSSR count). The van der Waals surface area contributed by atoms with Gasteiger partial charge >= 0.3 is 5.97 Å². The molecule has 2 aromatic rings. The summed E-state index contributed by atoms with van der Waals surface area (Å²) in [5.41, 5.74) is 2.55. The van der Waals surface area contributed by atoms with Crippen molar-refractivity contribution in [2.45, 2.75) is 19.4 Å². The number of nitrogens with zero attached hydrogens (tertiary/aromatic N) is 2. The second-order valence-corrected chi connectivity index (χ2v) is 6.60. The fraction of sp³-hybridized carbons (Fsp3) is 0.353. The van der Waals surface area contributed by atoms with Crippen molar-refractivity contribution in [1.29, 1.82) is 0 Å². The number of aryl methyl sites for hydroxylation is 1. The number of carboxylic acids is 1. The number of hydrogen-bond acceptors (Lipinski definition) is 5. The largest absolute Gasteiger partial charge is 0.481 e. The molecule has 1 aliphatic heterocycles. The normalized spacial score (nSPS) is 17.7. The molecule has 1 fully saturated rings. The van der Waals surface area contributed by atoms with Gasteiger partial charge in [-0.3, -0.25) is 9.59 Å². The second-order valence-electron chi connectivity index (χ2n) is 5.75. The van der Waals surface area contributed by atoms with Crippen molar-refractivity contribution in [3.05, 3.63) is 40.9 Å². The van der Waals surface area contributed by atoms with E-state index >= 15 is 0 Å². The lowest BCUT2D eigenvalue weighted by atomic mass is 10.2. The molecule has 0 aliphatic carbocycles. The van der Waals surface area contributed by atoms with Crippen LogP contribution in [0.15, 0.2) is 29.6 Å². The number of carbonyl (C=O) groups excluding carboxylic acids is 1. The molecular weight excluding hydrogens is 328 g/mol. The van der Waals surface area contributed by atoms with Crippen LogP contribution in [0.2, 0.25) is 0 Å². The summed E-state index contributed by atoms with van der Waals surface area (Å²) in [4.78, 5) is 29.5. The predicted octanol–water partition coefficient (Wildman–Crippen LogP) is 2.43. The highest BCUT2D eigenvalue weighted by Gasteiger charge is 2.27. The van der Waals surface area contributed by atoms with Crippen LogP contribution >= 0.6 is 11.3 Å². The molecule has 6 nitrogen and oxygen atoms in total. The van der Waals surface area contributed by atoms with E-state index in [1.165, 1.54) is 16.9 Å². The molecule has 1 atom stereocenters. The number of benzene rings is 1. The first-order valence-electron chi connectivity index (χ1n) is 7.68. The molecule has 0 saturated carbocycles. The van der Waals surface area contributed by atoms with E-state index in [0.29, 0.717) is 18.8 Å². The highest BCUT2D eigenvalue weighted by atomic mass is 32.1. The van der Waals surface area contributed by atoms with Crippen LogP contribution < -0.4 is 0 Å². The predicted molar refractivity (Wildman–Crippen MR) is 90.2 cm³/mol. The van der Waals surface area contributed by atoms with Crippen LogP contribution in [0.3, 0.4) is 0 Å². The third kappa shape index (κ3) is 3.80. The number of ether oxygens (including phenoxy) is 1. The van der Waals surface area contributed by atoms with Crippen molar-refractivity contribution in [2.75, 3.05) is 19.7 Å². The molecule has 24 heavy (non-hydrogen) atoms. The van der Waals surface area contributed by atoms with Gasteiger partial charge in [-0.05, 0) is 6.92 Å². The van der Waals surface area contributed by atoms with Crippen LogP contribution in [0.1, 0.15) is 22.5 Å². The zero-order valence-corrected chi connectivity index (χ0v) is 14.1. The van der Waals surface area contributed by atoms with Crippen molar-refractivity contribution in [3.63, 3.8) is 0 Å². The van der Waals surface area contributed by atoms with E-state index < -0.39 is 12.1 Å². The standard InChI is InChI=1S/C17H18N2O4S/c1-11-2-4-12(5-3-11)16-18-14(10-24-16)17(22)19-6-7-23-13(9-19)8-15(20)21/h2-5,10,13H,6-9H2,1H3,(H,20,21). The Hall–Kier alpha value is -2.25. The van der Waals surface area contributed by atoms with Gasteiger partial charge in [-0.15, -0.1) is 11.3 Å². The summed E-state index contributed by atoms with van der Waals surface area (Å²) >= 11 is 1.43. The zero-order chi connectivity index (χ0) is 17.1. The molecule has 1 aliphatic rings. The number of aromatic nitrogens is 1. The molecule has 7 heteroatoms. The maximum atomic E-state index is 12.6. The minimum atomic E-state index is -0.926. The Morgan fingerprint density at radius 3 is 2.83 bits per heavy atom. The quantitative estimate of drug-likeness (QED) is 0.920. The summed E-state index contributed by atoms with van der Waals surface area (Å²) in [6, 6.07) is 7.99. The average molecular weight is 346 g/mol. The van der Waals surface area contributed by atoms with Crippen LogP contribution in [0.5, 0.6) is 0 Å². The van der Waals surface area contributed by atoms with Gasteiger partial charge in [-0.25, -0.2) is 4.98 Å². The number of rotatable bonds is 4. The molecule has 0 spiro atoms. The van der Waals surface area contributed by atoms with Crippen LogP contribution in [0, 0.1) is 6.92 Å². The molecule has 1 aromatic heterocycles. The van der Waals surface area contributed by atoms with Gasteiger partial charge in [0.1, 0.15) is 10.7 Å². The number of thiazole rings is 1.